The van der Waals surface area contributed by atoms with Crippen molar-refractivity contribution in [3.8, 4) is 0 Å². The number of aryl methyl sites for hydroxylation is 3. The number of aromatic nitrogens is 5. The monoisotopic (exact) mass is 422 g/mol. The largest absolute Gasteiger partial charge is 0.383 e. The number of hydrogen-bond acceptors (Lipinski definition) is 6. The van der Waals surface area contributed by atoms with Crippen molar-refractivity contribution in [1.82, 2.24) is 35.2 Å². The Morgan fingerprint density at radius 2 is 2.16 bits per heavy atom. The Hall–Kier alpha value is -3.69. The summed E-state index contributed by atoms with van der Waals surface area (Å²) in [5.41, 5.74) is 10.6. The van der Waals surface area contributed by atoms with E-state index in [0.29, 0.717) is 44.0 Å². The molecule has 31 heavy (non-hydrogen) atoms. The molecular weight excluding hydrogens is 396 g/mol. The zero-order valence-corrected chi connectivity index (χ0v) is 17.7. The normalized spacial score (nSPS) is 13.2. The van der Waals surface area contributed by atoms with Crippen LogP contribution in [0.2, 0.25) is 0 Å². The first kappa shape index (κ1) is 20.6. The number of nitrogen functional groups attached to an aromatic ring is 1. The van der Waals surface area contributed by atoms with Gasteiger partial charge < -0.3 is 16.0 Å². The summed E-state index contributed by atoms with van der Waals surface area (Å²) >= 11 is 0. The number of H-pyrrole nitrogens is 1. The summed E-state index contributed by atoms with van der Waals surface area (Å²) in [5, 5.41) is 14.4. The van der Waals surface area contributed by atoms with Crippen molar-refractivity contribution in [1.29, 1.82) is 0 Å². The fourth-order valence-electron chi connectivity index (χ4n) is 3.84. The van der Waals surface area contributed by atoms with E-state index in [-0.39, 0.29) is 18.4 Å². The molecule has 3 aromatic heterocycles. The number of nitrogens with zero attached hydrogens (tertiary/aromatic N) is 5. The van der Waals surface area contributed by atoms with Gasteiger partial charge in [0.15, 0.2) is 5.69 Å². The van der Waals surface area contributed by atoms with Gasteiger partial charge in [-0.05, 0) is 32.4 Å². The van der Waals surface area contributed by atoms with Gasteiger partial charge in [-0.15, -0.1) is 0 Å². The second-order valence-electron chi connectivity index (χ2n) is 7.73. The number of rotatable bonds is 6. The average Bonchev–Trinajstić information content (AvgIpc) is 3.32. The number of hydrogen-bond donors (Lipinski definition) is 3. The first-order valence-electron chi connectivity index (χ1n) is 10.2. The fourth-order valence-corrected chi connectivity index (χ4v) is 3.84. The minimum Gasteiger partial charge on any atom is -0.383 e. The molecule has 1 aliphatic heterocycles. The minimum atomic E-state index is -0.273. The Bertz CT molecular complexity index is 1120. The van der Waals surface area contributed by atoms with Crippen LogP contribution >= 0.6 is 0 Å². The van der Waals surface area contributed by atoms with E-state index < -0.39 is 0 Å². The highest BCUT2D eigenvalue weighted by Crippen LogP contribution is 2.21. The van der Waals surface area contributed by atoms with Crippen molar-refractivity contribution < 1.29 is 9.59 Å². The summed E-state index contributed by atoms with van der Waals surface area (Å²) < 4.78 is 1.86. The van der Waals surface area contributed by atoms with Gasteiger partial charge >= 0.3 is 0 Å². The van der Waals surface area contributed by atoms with Crippen molar-refractivity contribution in [2.24, 2.45) is 0 Å². The van der Waals surface area contributed by atoms with Gasteiger partial charge in [-0.2, -0.15) is 10.2 Å². The predicted molar refractivity (Wildman–Crippen MR) is 114 cm³/mol. The minimum absolute atomic E-state index is 0.0610. The Kier molecular flexibility index (Phi) is 5.70. The molecule has 0 atom stereocenters. The summed E-state index contributed by atoms with van der Waals surface area (Å²) in [4.78, 5) is 31.1. The summed E-state index contributed by atoms with van der Waals surface area (Å²) in [6.45, 7) is 5.72. The quantitative estimate of drug-likeness (QED) is 0.545. The lowest BCUT2D eigenvalue weighted by molar-refractivity contribution is -0.132. The number of carbonyl (C=O) groups is 2. The van der Waals surface area contributed by atoms with E-state index in [1.165, 1.54) is 0 Å². The number of nitrogens with two attached hydrogens (primary N) is 1. The van der Waals surface area contributed by atoms with Crippen LogP contribution in [0.15, 0.2) is 24.4 Å². The van der Waals surface area contributed by atoms with Gasteiger partial charge in [-0.1, -0.05) is 6.07 Å². The molecule has 0 saturated heterocycles. The number of fused-ring (bicyclic) bond motifs is 1. The molecule has 162 valence electrons. The van der Waals surface area contributed by atoms with E-state index >= 15 is 0 Å². The van der Waals surface area contributed by atoms with Crippen molar-refractivity contribution in [2.75, 3.05) is 12.3 Å². The maximum Gasteiger partial charge on any atom is 0.272 e. The fraction of sp³-hybridized carbons (Fsp3) is 0.381. The predicted octanol–water partition coefficient (Wildman–Crippen LogP) is 1.11. The molecule has 1 aliphatic rings. The molecule has 2 amide bonds. The first-order chi connectivity index (χ1) is 14.9. The third kappa shape index (κ3) is 4.42. The lowest BCUT2D eigenvalue weighted by atomic mass is 10.0. The van der Waals surface area contributed by atoms with Crippen LogP contribution in [0.4, 0.5) is 5.82 Å². The number of carbonyl (C=O) groups excluding carboxylic acids is 2. The molecule has 10 heteroatoms. The molecule has 0 radical (unpaired) electrons. The Morgan fingerprint density at radius 3 is 2.90 bits per heavy atom. The second kappa shape index (κ2) is 8.58. The second-order valence-corrected chi connectivity index (χ2v) is 7.73. The molecule has 0 saturated carbocycles. The Balaban J connectivity index is 1.35. The first-order valence-corrected chi connectivity index (χ1v) is 10.2. The lowest BCUT2D eigenvalue weighted by Gasteiger charge is -2.27. The number of amides is 2. The summed E-state index contributed by atoms with van der Waals surface area (Å²) in [6.07, 6.45) is 2.57. The molecule has 0 aromatic carbocycles. The van der Waals surface area contributed by atoms with E-state index in [4.69, 9.17) is 5.73 Å². The standard InChI is InChI=1S/C21H26N8O2/c1-13-10-14(2)29(27-13)9-6-18(30)28-8-5-16-17(12-28)25-26-19(16)21(31)24-11-15-4-3-7-23-20(15)22/h3-4,7,10H,5-6,8-9,11-12H2,1-2H3,(H2,22,23)(H,24,31)(H,25,26). The van der Waals surface area contributed by atoms with Gasteiger partial charge in [0.2, 0.25) is 5.91 Å². The molecule has 0 aliphatic carbocycles. The van der Waals surface area contributed by atoms with Crippen LogP contribution in [0.3, 0.4) is 0 Å². The molecule has 0 spiro atoms. The maximum absolute atomic E-state index is 12.7. The Morgan fingerprint density at radius 1 is 1.32 bits per heavy atom. The molecule has 4 N–H and O–H groups in total. The molecule has 10 nitrogen and oxygen atoms in total. The number of aromatic amines is 1. The van der Waals surface area contributed by atoms with E-state index in [1.807, 2.05) is 30.7 Å². The highest BCUT2D eigenvalue weighted by atomic mass is 16.2. The summed E-state index contributed by atoms with van der Waals surface area (Å²) in [7, 11) is 0. The van der Waals surface area contributed by atoms with Crippen molar-refractivity contribution in [2.45, 2.75) is 46.3 Å². The van der Waals surface area contributed by atoms with Crippen molar-refractivity contribution >= 4 is 17.6 Å². The van der Waals surface area contributed by atoms with Gasteiger partial charge in [-0.3, -0.25) is 19.4 Å². The molecular formula is C21H26N8O2. The zero-order chi connectivity index (χ0) is 22.0. The van der Waals surface area contributed by atoms with Gasteiger partial charge in [0.25, 0.3) is 5.91 Å². The van der Waals surface area contributed by atoms with Crippen LogP contribution in [-0.2, 0) is 30.8 Å². The van der Waals surface area contributed by atoms with Gasteiger partial charge in [0.1, 0.15) is 5.82 Å². The Labute approximate surface area is 179 Å². The molecule has 0 bridgehead atoms. The van der Waals surface area contributed by atoms with E-state index in [1.54, 1.807) is 17.2 Å². The van der Waals surface area contributed by atoms with E-state index in [0.717, 1.165) is 28.2 Å². The summed E-state index contributed by atoms with van der Waals surface area (Å²) in [5.74, 6) is 0.178. The molecule has 4 heterocycles. The van der Waals surface area contributed by atoms with Crippen LogP contribution < -0.4 is 11.1 Å². The van der Waals surface area contributed by atoms with E-state index in [9.17, 15) is 9.59 Å². The van der Waals surface area contributed by atoms with Crippen molar-refractivity contribution in [3.05, 3.63) is 58.3 Å². The lowest BCUT2D eigenvalue weighted by Crippen LogP contribution is -2.37. The molecule has 3 aromatic rings. The van der Waals surface area contributed by atoms with Crippen molar-refractivity contribution in [3.63, 3.8) is 0 Å². The van der Waals surface area contributed by atoms with Gasteiger partial charge in [0.05, 0.1) is 17.9 Å². The van der Waals surface area contributed by atoms with E-state index in [2.05, 4.69) is 25.6 Å². The maximum atomic E-state index is 12.7. The van der Waals surface area contributed by atoms with Crippen LogP contribution in [0.25, 0.3) is 0 Å². The van der Waals surface area contributed by atoms with Crippen LogP contribution in [0.1, 0.15) is 45.1 Å². The molecule has 4 rings (SSSR count). The van der Waals surface area contributed by atoms with Gasteiger partial charge in [0, 0.05) is 49.1 Å². The third-order valence-corrected chi connectivity index (χ3v) is 5.51. The smallest absolute Gasteiger partial charge is 0.272 e. The van der Waals surface area contributed by atoms with Crippen LogP contribution in [0, 0.1) is 13.8 Å². The number of pyridine rings is 1. The summed E-state index contributed by atoms with van der Waals surface area (Å²) in [6, 6.07) is 5.59. The SMILES string of the molecule is Cc1cc(C)n(CCC(=O)N2CCc3c(C(=O)NCc4cccnc4N)n[nH]c3C2)n1. The number of nitrogens with one attached hydrogen (secondary N) is 2. The topological polar surface area (TPSA) is 135 Å². The zero-order valence-electron chi connectivity index (χ0n) is 17.7. The number of anilines is 1. The molecule has 0 fully saturated rings. The third-order valence-electron chi connectivity index (χ3n) is 5.51. The highest BCUT2D eigenvalue weighted by molar-refractivity contribution is 5.94. The highest BCUT2D eigenvalue weighted by Gasteiger charge is 2.27. The average molecular weight is 422 g/mol. The van der Waals surface area contributed by atoms with Crippen LogP contribution in [0.5, 0.6) is 0 Å². The van der Waals surface area contributed by atoms with Crippen LogP contribution in [-0.4, -0.2) is 48.2 Å². The van der Waals surface area contributed by atoms with Gasteiger partial charge in [-0.25, -0.2) is 4.98 Å². The molecule has 0 unspecified atom stereocenters.